The van der Waals surface area contributed by atoms with Crippen molar-refractivity contribution in [1.82, 2.24) is 15.0 Å². The van der Waals surface area contributed by atoms with Gasteiger partial charge in [0.05, 0.1) is 22.3 Å². The Labute approximate surface area is 115 Å². The summed E-state index contributed by atoms with van der Waals surface area (Å²) in [6.45, 7) is 3.79. The molecule has 0 amide bonds. The molecule has 0 aliphatic rings. The van der Waals surface area contributed by atoms with Crippen LogP contribution in [0.2, 0.25) is 10.0 Å². The summed E-state index contributed by atoms with van der Waals surface area (Å²) in [6, 6.07) is 5.37. The topological polar surface area (TPSA) is 47.8 Å². The van der Waals surface area contributed by atoms with E-state index in [0.717, 1.165) is 11.3 Å². The molecule has 4 nitrogen and oxygen atoms in total. The van der Waals surface area contributed by atoms with E-state index in [-0.39, 0.29) is 5.78 Å². The van der Waals surface area contributed by atoms with Crippen LogP contribution in [-0.4, -0.2) is 20.8 Å². The van der Waals surface area contributed by atoms with Crippen LogP contribution < -0.4 is 0 Å². The average Bonchev–Trinajstić information content (AvgIpc) is 2.66. The summed E-state index contributed by atoms with van der Waals surface area (Å²) < 4.78 is 1.66. The van der Waals surface area contributed by atoms with Crippen molar-refractivity contribution in [2.45, 2.75) is 20.4 Å². The lowest BCUT2D eigenvalue weighted by Gasteiger charge is -2.05. The molecule has 1 aromatic heterocycles. The monoisotopic (exact) mass is 283 g/mol. The molecule has 0 saturated carbocycles. The molecular formula is C12H11Cl2N3O. The Bertz CT molecular complexity index is 607. The number of aromatic nitrogens is 3. The number of carbonyl (C=O) groups is 1. The second-order valence-corrected chi connectivity index (χ2v) is 4.80. The van der Waals surface area contributed by atoms with Crippen LogP contribution in [0.4, 0.5) is 0 Å². The minimum Gasteiger partial charge on any atom is -0.293 e. The Morgan fingerprint density at radius 2 is 2.06 bits per heavy atom. The number of nitrogens with zero attached hydrogens (tertiary/aromatic N) is 3. The summed E-state index contributed by atoms with van der Waals surface area (Å²) in [5.41, 5.74) is 2.09. The Hall–Kier alpha value is -1.39. The van der Waals surface area contributed by atoms with E-state index in [1.807, 2.05) is 13.0 Å². The third-order valence-electron chi connectivity index (χ3n) is 2.63. The molecule has 2 aromatic rings. The molecular weight excluding hydrogens is 273 g/mol. The maximum absolute atomic E-state index is 11.3. The lowest BCUT2D eigenvalue weighted by Crippen LogP contribution is -2.05. The maximum Gasteiger partial charge on any atom is 0.181 e. The highest BCUT2D eigenvalue weighted by Crippen LogP contribution is 2.23. The zero-order chi connectivity index (χ0) is 13.3. The molecule has 0 radical (unpaired) electrons. The van der Waals surface area contributed by atoms with Gasteiger partial charge in [-0.05, 0) is 24.6 Å². The van der Waals surface area contributed by atoms with E-state index in [1.165, 1.54) is 6.92 Å². The molecule has 0 fully saturated rings. The first-order chi connectivity index (χ1) is 8.49. The van der Waals surface area contributed by atoms with Crippen LogP contribution in [0, 0.1) is 6.92 Å². The largest absolute Gasteiger partial charge is 0.293 e. The van der Waals surface area contributed by atoms with Gasteiger partial charge in [0.25, 0.3) is 0 Å². The normalized spacial score (nSPS) is 10.7. The van der Waals surface area contributed by atoms with Crippen molar-refractivity contribution in [3.63, 3.8) is 0 Å². The lowest BCUT2D eigenvalue weighted by molar-refractivity contribution is 0.101. The van der Waals surface area contributed by atoms with E-state index in [1.54, 1.807) is 16.8 Å². The predicted octanol–water partition coefficient (Wildman–Crippen LogP) is 3.14. The third kappa shape index (κ3) is 2.54. The molecule has 2 rings (SSSR count). The van der Waals surface area contributed by atoms with Gasteiger partial charge in [0, 0.05) is 6.92 Å². The first-order valence-corrected chi connectivity index (χ1v) is 6.09. The second kappa shape index (κ2) is 5.08. The number of hydrogen-bond acceptors (Lipinski definition) is 3. The molecule has 0 atom stereocenters. The van der Waals surface area contributed by atoms with Gasteiger partial charge in [-0.15, -0.1) is 5.10 Å². The summed E-state index contributed by atoms with van der Waals surface area (Å²) in [5, 5.41) is 8.82. The van der Waals surface area contributed by atoms with Gasteiger partial charge in [-0.25, -0.2) is 4.68 Å². The van der Waals surface area contributed by atoms with Crippen LogP contribution >= 0.6 is 23.2 Å². The third-order valence-corrected chi connectivity index (χ3v) is 3.37. The highest BCUT2D eigenvalue weighted by molar-refractivity contribution is 6.42. The second-order valence-electron chi connectivity index (χ2n) is 3.99. The highest BCUT2D eigenvalue weighted by Gasteiger charge is 2.12. The summed E-state index contributed by atoms with van der Waals surface area (Å²) in [6.07, 6.45) is 0. The average molecular weight is 284 g/mol. The van der Waals surface area contributed by atoms with Crippen LogP contribution in [0.3, 0.4) is 0 Å². The lowest BCUT2D eigenvalue weighted by atomic mass is 10.2. The van der Waals surface area contributed by atoms with Crippen LogP contribution in [0.15, 0.2) is 18.2 Å². The minimum absolute atomic E-state index is 0.0899. The van der Waals surface area contributed by atoms with Crippen molar-refractivity contribution in [3.8, 4) is 0 Å². The predicted molar refractivity (Wildman–Crippen MR) is 70.3 cm³/mol. The summed E-state index contributed by atoms with van der Waals surface area (Å²) in [5.74, 6) is -0.0899. The van der Waals surface area contributed by atoms with Crippen LogP contribution in [0.5, 0.6) is 0 Å². The smallest absolute Gasteiger partial charge is 0.181 e. The zero-order valence-corrected chi connectivity index (χ0v) is 11.5. The standard InChI is InChI=1S/C12H11Cl2N3O/c1-7-12(8(2)18)15-16-17(7)6-9-3-4-10(13)11(14)5-9/h3-5H,6H2,1-2H3. The molecule has 6 heteroatoms. The number of hydrogen-bond donors (Lipinski definition) is 0. The number of ketones is 1. The van der Waals surface area contributed by atoms with Crippen LogP contribution in [0.1, 0.15) is 28.7 Å². The summed E-state index contributed by atoms with van der Waals surface area (Å²) in [4.78, 5) is 11.3. The molecule has 0 spiro atoms. The van der Waals surface area contributed by atoms with E-state index < -0.39 is 0 Å². The Morgan fingerprint density at radius 3 is 2.61 bits per heavy atom. The fraction of sp³-hybridized carbons (Fsp3) is 0.250. The van der Waals surface area contributed by atoms with Crippen molar-refractivity contribution in [1.29, 1.82) is 0 Å². The fourth-order valence-corrected chi connectivity index (χ4v) is 1.97. The quantitative estimate of drug-likeness (QED) is 0.813. The first kappa shape index (κ1) is 13.1. The molecule has 0 N–H and O–H groups in total. The van der Waals surface area contributed by atoms with Gasteiger partial charge < -0.3 is 0 Å². The van der Waals surface area contributed by atoms with Gasteiger partial charge in [0.15, 0.2) is 11.5 Å². The van der Waals surface area contributed by atoms with Gasteiger partial charge in [0.2, 0.25) is 0 Å². The van der Waals surface area contributed by atoms with Crippen molar-refractivity contribution >= 4 is 29.0 Å². The number of Topliss-reactive ketones (excluding diaryl/α,β-unsaturated/α-hetero) is 1. The minimum atomic E-state index is -0.0899. The van der Waals surface area contributed by atoms with E-state index in [2.05, 4.69) is 10.3 Å². The van der Waals surface area contributed by atoms with E-state index in [9.17, 15) is 4.79 Å². The number of halogens is 2. The molecule has 94 valence electrons. The van der Waals surface area contributed by atoms with Gasteiger partial charge in [-0.1, -0.05) is 34.5 Å². The fourth-order valence-electron chi connectivity index (χ4n) is 1.65. The molecule has 1 aromatic carbocycles. The van der Waals surface area contributed by atoms with Crippen molar-refractivity contribution in [2.24, 2.45) is 0 Å². The van der Waals surface area contributed by atoms with E-state index >= 15 is 0 Å². The Morgan fingerprint density at radius 1 is 1.33 bits per heavy atom. The number of rotatable bonds is 3. The van der Waals surface area contributed by atoms with Gasteiger partial charge in [-0.3, -0.25) is 4.79 Å². The van der Waals surface area contributed by atoms with Crippen molar-refractivity contribution < 1.29 is 4.79 Å². The van der Waals surface area contributed by atoms with E-state index in [0.29, 0.717) is 22.3 Å². The van der Waals surface area contributed by atoms with Crippen LogP contribution in [-0.2, 0) is 6.54 Å². The Balaban J connectivity index is 2.29. The van der Waals surface area contributed by atoms with Crippen molar-refractivity contribution in [3.05, 3.63) is 45.2 Å². The molecule has 0 aliphatic heterocycles. The van der Waals surface area contributed by atoms with Gasteiger partial charge in [0.1, 0.15) is 0 Å². The Kier molecular flexibility index (Phi) is 3.68. The summed E-state index contributed by atoms with van der Waals surface area (Å²) in [7, 11) is 0. The number of benzene rings is 1. The van der Waals surface area contributed by atoms with Gasteiger partial charge >= 0.3 is 0 Å². The molecule has 0 bridgehead atoms. The molecule has 0 unspecified atom stereocenters. The zero-order valence-electron chi connectivity index (χ0n) is 9.94. The molecule has 1 heterocycles. The number of carbonyl (C=O) groups excluding carboxylic acids is 1. The van der Waals surface area contributed by atoms with Crippen LogP contribution in [0.25, 0.3) is 0 Å². The van der Waals surface area contributed by atoms with Gasteiger partial charge in [-0.2, -0.15) is 0 Å². The summed E-state index contributed by atoms with van der Waals surface area (Å²) >= 11 is 11.8. The molecule has 18 heavy (non-hydrogen) atoms. The molecule has 0 saturated heterocycles. The SMILES string of the molecule is CC(=O)c1nnn(Cc2ccc(Cl)c(Cl)c2)c1C. The molecule has 0 aliphatic carbocycles. The van der Waals surface area contributed by atoms with Crippen molar-refractivity contribution in [2.75, 3.05) is 0 Å². The maximum atomic E-state index is 11.3. The first-order valence-electron chi connectivity index (χ1n) is 5.34. The highest BCUT2D eigenvalue weighted by atomic mass is 35.5. The van der Waals surface area contributed by atoms with E-state index in [4.69, 9.17) is 23.2 Å².